The smallest absolute Gasteiger partial charge is 0.0792 e. The largest absolute Gasteiger partial charge is 0.264 e. The Morgan fingerprint density at radius 3 is 2.78 bits per heavy atom. The van der Waals surface area contributed by atoms with Crippen LogP contribution in [0.15, 0.2) is 23.3 Å². The van der Waals surface area contributed by atoms with Crippen molar-refractivity contribution >= 4 is 5.71 Å². The molecule has 0 bridgehead atoms. The quantitative estimate of drug-likeness (QED) is 0.700. The molecule has 1 rings (SSSR count). The number of aryl methyl sites for hydroxylation is 1. The van der Waals surface area contributed by atoms with Gasteiger partial charge in [0.1, 0.15) is 0 Å². The molecular weight excluding hydrogens is 222 g/mol. The Morgan fingerprint density at radius 1 is 1.50 bits per heavy atom. The highest BCUT2D eigenvalue weighted by molar-refractivity contribution is 5.82. The van der Waals surface area contributed by atoms with Crippen LogP contribution in [-0.4, -0.2) is 15.5 Å². The van der Waals surface area contributed by atoms with Gasteiger partial charge in [-0.3, -0.25) is 9.67 Å². The molecule has 100 valence electrons. The van der Waals surface area contributed by atoms with Crippen LogP contribution >= 0.6 is 0 Å². The van der Waals surface area contributed by atoms with Gasteiger partial charge in [0.25, 0.3) is 0 Å². The topological polar surface area (TPSA) is 30.2 Å². The summed E-state index contributed by atoms with van der Waals surface area (Å²) in [4.78, 5) is 4.37. The van der Waals surface area contributed by atoms with E-state index in [0.717, 1.165) is 25.1 Å². The summed E-state index contributed by atoms with van der Waals surface area (Å²) in [7, 11) is 0. The number of aliphatic imine (C=N–C) groups is 1. The molecule has 1 heterocycles. The first-order valence-corrected chi connectivity index (χ1v) is 6.79. The molecule has 0 fully saturated rings. The molecule has 0 aliphatic carbocycles. The Kier molecular flexibility index (Phi) is 5.83. The van der Waals surface area contributed by atoms with Gasteiger partial charge in [0, 0.05) is 17.6 Å². The third-order valence-electron chi connectivity index (χ3n) is 2.80. The van der Waals surface area contributed by atoms with Gasteiger partial charge < -0.3 is 0 Å². The first kappa shape index (κ1) is 14.7. The molecule has 0 spiro atoms. The van der Waals surface area contributed by atoms with E-state index in [1.807, 2.05) is 26.1 Å². The Hall–Kier alpha value is -1.38. The van der Waals surface area contributed by atoms with E-state index in [1.165, 1.54) is 11.4 Å². The first-order valence-electron chi connectivity index (χ1n) is 6.79. The summed E-state index contributed by atoms with van der Waals surface area (Å²) in [6.45, 7) is 11.4. The molecule has 3 heteroatoms. The molecule has 18 heavy (non-hydrogen) atoms. The van der Waals surface area contributed by atoms with Gasteiger partial charge in [-0.15, -0.1) is 0 Å². The number of hydrogen-bond donors (Lipinski definition) is 0. The van der Waals surface area contributed by atoms with Crippen molar-refractivity contribution in [2.24, 2.45) is 4.99 Å². The zero-order chi connectivity index (χ0) is 13.5. The third-order valence-corrected chi connectivity index (χ3v) is 2.80. The zero-order valence-electron chi connectivity index (χ0n) is 12.3. The lowest BCUT2D eigenvalue weighted by molar-refractivity contribution is 0.645. The van der Waals surface area contributed by atoms with Gasteiger partial charge in [0.2, 0.25) is 0 Å². The van der Waals surface area contributed by atoms with Crippen molar-refractivity contribution in [2.75, 3.05) is 0 Å². The van der Waals surface area contributed by atoms with Crippen LogP contribution in [0.4, 0.5) is 0 Å². The minimum Gasteiger partial charge on any atom is -0.264 e. The number of aromatic nitrogens is 2. The lowest BCUT2D eigenvalue weighted by Crippen LogP contribution is -2.11. The van der Waals surface area contributed by atoms with Crippen molar-refractivity contribution in [1.29, 1.82) is 0 Å². The van der Waals surface area contributed by atoms with Gasteiger partial charge in [0.05, 0.1) is 12.2 Å². The molecule has 0 radical (unpaired) electrons. The average Bonchev–Trinajstić information content (AvgIpc) is 2.70. The Bertz CT molecular complexity index is 425. The van der Waals surface area contributed by atoms with Gasteiger partial charge in [-0.2, -0.15) is 5.10 Å². The van der Waals surface area contributed by atoms with Crippen molar-refractivity contribution < 1.29 is 0 Å². The molecule has 1 aromatic heterocycles. The molecule has 0 saturated heterocycles. The number of allylic oxidation sites excluding steroid dienone is 1. The fourth-order valence-corrected chi connectivity index (χ4v) is 1.81. The van der Waals surface area contributed by atoms with E-state index in [-0.39, 0.29) is 0 Å². The molecule has 3 nitrogen and oxygen atoms in total. The molecule has 0 saturated carbocycles. The van der Waals surface area contributed by atoms with E-state index >= 15 is 0 Å². The molecule has 1 aromatic rings. The van der Waals surface area contributed by atoms with E-state index in [0.29, 0.717) is 5.92 Å². The second-order valence-corrected chi connectivity index (χ2v) is 4.97. The van der Waals surface area contributed by atoms with Crippen LogP contribution in [0.5, 0.6) is 0 Å². The molecule has 0 aliphatic heterocycles. The number of nitrogens with zero attached hydrogens (tertiary/aromatic N) is 3. The van der Waals surface area contributed by atoms with Gasteiger partial charge >= 0.3 is 0 Å². The maximum absolute atomic E-state index is 4.69. The predicted molar refractivity (Wildman–Crippen MR) is 78.2 cm³/mol. The van der Waals surface area contributed by atoms with E-state index in [4.69, 9.17) is 0 Å². The summed E-state index contributed by atoms with van der Waals surface area (Å²) >= 11 is 0. The Balaban J connectivity index is 2.91. The minimum absolute atomic E-state index is 0.481. The van der Waals surface area contributed by atoms with Crippen molar-refractivity contribution in [3.05, 3.63) is 29.7 Å². The summed E-state index contributed by atoms with van der Waals surface area (Å²) in [6.07, 6.45) is 6.01. The number of hydrogen-bond acceptors (Lipinski definition) is 2. The molecule has 0 atom stereocenters. The van der Waals surface area contributed by atoms with Crippen molar-refractivity contribution in [2.45, 2.75) is 59.9 Å². The highest BCUT2D eigenvalue weighted by atomic mass is 15.3. The summed E-state index contributed by atoms with van der Waals surface area (Å²) < 4.78 is 2.10. The monoisotopic (exact) mass is 247 g/mol. The van der Waals surface area contributed by atoms with Crippen molar-refractivity contribution in [3.63, 3.8) is 0 Å². The summed E-state index contributed by atoms with van der Waals surface area (Å²) in [5.41, 5.74) is 3.58. The minimum atomic E-state index is 0.481. The molecular formula is C15H25N3. The van der Waals surface area contributed by atoms with Gasteiger partial charge in [-0.25, -0.2) is 0 Å². The summed E-state index contributed by atoms with van der Waals surface area (Å²) in [5, 5.41) is 4.69. The van der Waals surface area contributed by atoms with Gasteiger partial charge in [-0.05, 0) is 32.3 Å². The number of rotatable bonds is 6. The highest BCUT2D eigenvalue weighted by Gasteiger charge is 2.10. The van der Waals surface area contributed by atoms with Gasteiger partial charge in [0.15, 0.2) is 0 Å². The Morgan fingerprint density at radius 2 is 2.22 bits per heavy atom. The average molecular weight is 247 g/mol. The molecule has 0 N–H and O–H groups in total. The molecule has 0 unspecified atom stereocenters. The SMILES string of the molecule is C/C=C\N=C(C)Cn1nc(C(C)C)cc1CCC. The van der Waals surface area contributed by atoms with E-state index in [9.17, 15) is 0 Å². The van der Waals surface area contributed by atoms with E-state index in [1.54, 1.807) is 0 Å². The summed E-state index contributed by atoms with van der Waals surface area (Å²) in [6, 6.07) is 2.23. The molecule has 0 aromatic carbocycles. The maximum Gasteiger partial charge on any atom is 0.0792 e. The zero-order valence-corrected chi connectivity index (χ0v) is 12.3. The van der Waals surface area contributed by atoms with Crippen LogP contribution in [0.25, 0.3) is 0 Å². The van der Waals surface area contributed by atoms with Crippen molar-refractivity contribution in [3.8, 4) is 0 Å². The van der Waals surface area contributed by atoms with Crippen LogP contribution in [0.2, 0.25) is 0 Å². The molecule has 0 amide bonds. The lowest BCUT2D eigenvalue weighted by Gasteiger charge is -2.05. The first-order chi connectivity index (χ1) is 8.58. The van der Waals surface area contributed by atoms with Crippen molar-refractivity contribution in [1.82, 2.24) is 9.78 Å². The van der Waals surface area contributed by atoms with Crippen LogP contribution < -0.4 is 0 Å². The van der Waals surface area contributed by atoms with Gasteiger partial charge in [-0.1, -0.05) is 33.3 Å². The molecule has 0 aliphatic rings. The Labute approximate surface area is 111 Å². The van der Waals surface area contributed by atoms with Crippen LogP contribution in [0, 0.1) is 0 Å². The van der Waals surface area contributed by atoms with Crippen LogP contribution in [-0.2, 0) is 13.0 Å². The summed E-state index contributed by atoms with van der Waals surface area (Å²) in [5.74, 6) is 0.481. The standard InChI is InChI=1S/C15H25N3/c1-6-8-14-10-15(12(3)4)17-18(14)11-13(5)16-9-7-2/h7,9-10,12H,6,8,11H2,1-5H3/b9-7-,16-13?. The fraction of sp³-hybridized carbons (Fsp3) is 0.600. The van der Waals surface area contributed by atoms with E-state index < -0.39 is 0 Å². The third kappa shape index (κ3) is 4.13. The second kappa shape index (κ2) is 7.14. The maximum atomic E-state index is 4.69. The fourth-order valence-electron chi connectivity index (χ4n) is 1.81. The highest BCUT2D eigenvalue weighted by Crippen LogP contribution is 2.15. The lowest BCUT2D eigenvalue weighted by atomic mass is 10.1. The predicted octanol–water partition coefficient (Wildman–Crippen LogP) is 3.95. The van der Waals surface area contributed by atoms with Crippen LogP contribution in [0.3, 0.4) is 0 Å². The second-order valence-electron chi connectivity index (χ2n) is 4.97. The van der Waals surface area contributed by atoms with E-state index in [2.05, 4.69) is 41.6 Å². The van der Waals surface area contributed by atoms with Crippen LogP contribution in [0.1, 0.15) is 58.3 Å². The normalized spacial score (nSPS) is 12.9.